The molecule has 0 aliphatic rings. The van der Waals surface area contributed by atoms with E-state index in [2.05, 4.69) is 54.2 Å². The number of ether oxygens (including phenoxy) is 2. The molecule has 55 heavy (non-hydrogen) atoms. The Morgan fingerprint density at radius 1 is 0.400 bits per heavy atom. The molecule has 266 valence electrons. The van der Waals surface area contributed by atoms with Crippen LogP contribution in [-0.4, -0.2) is 34.5 Å². The van der Waals surface area contributed by atoms with E-state index in [9.17, 15) is 0 Å². The van der Waals surface area contributed by atoms with E-state index in [-0.39, 0.29) is 41.5 Å². The van der Waals surface area contributed by atoms with Crippen LogP contribution in [0.3, 0.4) is 0 Å². The first-order valence-corrected chi connectivity index (χ1v) is 16.8. The van der Waals surface area contributed by atoms with E-state index in [4.69, 9.17) is 9.47 Å². The molecule has 10 aromatic rings. The largest absolute Gasteiger partial charge is 2.00 e. The van der Waals surface area contributed by atoms with Crippen molar-refractivity contribution in [2.75, 3.05) is 0 Å². The van der Waals surface area contributed by atoms with Crippen LogP contribution in [0, 0.1) is 24.3 Å². The SMILES string of the molecule is [Pd+2].[Pt+2].[c-]1c(Oc2[c-]c3c(cc2)c2ccc(Oc4[c-]c(-c5nccc6ncccc56)ccc4)[c-]c2n3-c2ncccn2)cccc1-c1nccc2ncccc12. The molecular weight excluding hydrogens is 960 g/mol. The molecule has 0 radical (unpaired) electrons. The van der Waals surface area contributed by atoms with E-state index in [0.717, 1.165) is 66.1 Å². The third-order valence-corrected chi connectivity index (χ3v) is 8.83. The molecule has 0 aliphatic carbocycles. The van der Waals surface area contributed by atoms with Crippen LogP contribution < -0.4 is 9.47 Å². The molecule has 0 N–H and O–H groups in total. The van der Waals surface area contributed by atoms with Gasteiger partial charge in [0.25, 0.3) is 0 Å². The molecule has 6 heterocycles. The van der Waals surface area contributed by atoms with Gasteiger partial charge in [0.1, 0.15) is 0 Å². The first-order valence-electron chi connectivity index (χ1n) is 16.8. The summed E-state index contributed by atoms with van der Waals surface area (Å²) in [4.78, 5) is 27.4. The van der Waals surface area contributed by atoms with Crippen molar-refractivity contribution < 1.29 is 51.0 Å². The monoisotopic (exact) mass is 982 g/mol. The summed E-state index contributed by atoms with van der Waals surface area (Å²) in [6, 6.07) is 46.3. The quantitative estimate of drug-likeness (QED) is 0.115. The second-order valence-electron chi connectivity index (χ2n) is 12.1. The molecule has 0 unspecified atom stereocenters. The van der Waals surface area contributed by atoms with Gasteiger partial charge in [-0.05, 0) is 52.5 Å². The maximum Gasteiger partial charge on any atom is 2.00 e. The molecule has 0 amide bonds. The number of hydrogen-bond donors (Lipinski definition) is 0. The maximum atomic E-state index is 6.37. The molecule has 0 spiro atoms. The standard InChI is InChI=1S/C44H23N7O2.Pd.Pt/c1-6-28(42-36-10-3-18-45-38(36)16-22-47-42)24-30(8-1)52-32-12-14-34-35-15-13-33(27-41(35)51(40(34)26-32)44-49-20-5-21-50-44)53-31-9-2-7-29(25-31)43-37-11-4-19-46-39(37)17-23-48-43;;/h1-23H;;/q-4;2*+2. The first kappa shape index (κ1) is 35.8. The average Bonchev–Trinajstić information content (AvgIpc) is 3.53. The molecule has 10 rings (SSSR count). The van der Waals surface area contributed by atoms with Crippen molar-refractivity contribution >= 4 is 43.6 Å². The number of aromatic nitrogens is 7. The zero-order chi connectivity index (χ0) is 35.1. The Morgan fingerprint density at radius 2 is 0.873 bits per heavy atom. The smallest absolute Gasteiger partial charge is 0.503 e. The Hall–Kier alpha value is -6.17. The zero-order valence-electron chi connectivity index (χ0n) is 28.4. The fourth-order valence-electron chi connectivity index (χ4n) is 6.51. The van der Waals surface area contributed by atoms with Gasteiger partial charge in [0.05, 0.1) is 11.0 Å². The summed E-state index contributed by atoms with van der Waals surface area (Å²) in [5, 5.41) is 3.73. The van der Waals surface area contributed by atoms with Crippen molar-refractivity contribution in [3.63, 3.8) is 0 Å². The molecule has 0 atom stereocenters. The average molecular weight is 983 g/mol. The Morgan fingerprint density at radius 3 is 1.38 bits per heavy atom. The molecule has 9 nitrogen and oxygen atoms in total. The molecule has 0 bridgehead atoms. The predicted molar refractivity (Wildman–Crippen MR) is 202 cm³/mol. The van der Waals surface area contributed by atoms with Gasteiger partial charge in [-0.1, -0.05) is 35.3 Å². The third-order valence-electron chi connectivity index (χ3n) is 8.83. The normalized spacial score (nSPS) is 11.0. The van der Waals surface area contributed by atoms with E-state index < -0.39 is 0 Å². The molecule has 11 heteroatoms. The molecule has 0 aliphatic heterocycles. The minimum Gasteiger partial charge on any atom is -0.503 e. The molecule has 4 aromatic carbocycles. The van der Waals surface area contributed by atoms with Crippen LogP contribution in [0.1, 0.15) is 0 Å². The fourth-order valence-corrected chi connectivity index (χ4v) is 6.51. The van der Waals surface area contributed by atoms with Crippen LogP contribution >= 0.6 is 0 Å². The Balaban J connectivity index is 0.00000214. The molecular formula is C44H23N7O2PdPt. The number of fused-ring (bicyclic) bond motifs is 5. The van der Waals surface area contributed by atoms with Crippen molar-refractivity contribution in [1.82, 2.24) is 34.5 Å². The van der Waals surface area contributed by atoms with Gasteiger partial charge < -0.3 is 24.0 Å². The van der Waals surface area contributed by atoms with Gasteiger partial charge in [-0.15, -0.1) is 71.8 Å². The topological polar surface area (TPSA) is 101 Å². The summed E-state index contributed by atoms with van der Waals surface area (Å²) >= 11 is 0. The van der Waals surface area contributed by atoms with Gasteiger partial charge in [0, 0.05) is 60.2 Å². The molecule has 0 fully saturated rings. The number of benzene rings is 4. The number of nitrogens with zero attached hydrogens (tertiary/aromatic N) is 7. The summed E-state index contributed by atoms with van der Waals surface area (Å²) in [5.41, 5.74) is 6.32. The first-order chi connectivity index (χ1) is 26.2. The van der Waals surface area contributed by atoms with Crippen LogP contribution in [0.15, 0.2) is 140 Å². The Labute approximate surface area is 343 Å². The van der Waals surface area contributed by atoms with Gasteiger partial charge >= 0.3 is 41.5 Å². The number of hydrogen-bond acceptors (Lipinski definition) is 8. The predicted octanol–water partition coefficient (Wildman–Crippen LogP) is 9.57. The minimum atomic E-state index is 0. The molecule has 0 saturated heterocycles. The van der Waals surface area contributed by atoms with E-state index in [1.807, 2.05) is 102 Å². The Kier molecular flexibility index (Phi) is 9.96. The van der Waals surface area contributed by atoms with Gasteiger partial charge in [-0.3, -0.25) is 9.97 Å². The van der Waals surface area contributed by atoms with Gasteiger partial charge in [0.2, 0.25) is 5.95 Å². The zero-order valence-corrected chi connectivity index (χ0v) is 32.2. The van der Waals surface area contributed by atoms with E-state index >= 15 is 0 Å². The molecule has 0 saturated carbocycles. The van der Waals surface area contributed by atoms with Crippen LogP contribution in [0.4, 0.5) is 0 Å². The minimum absolute atomic E-state index is 0. The van der Waals surface area contributed by atoms with Crippen molar-refractivity contribution in [2.45, 2.75) is 0 Å². The number of rotatable bonds is 7. The van der Waals surface area contributed by atoms with Crippen molar-refractivity contribution in [2.24, 2.45) is 0 Å². The third kappa shape index (κ3) is 6.77. The molecule has 6 aromatic heterocycles. The number of pyridine rings is 4. The van der Waals surface area contributed by atoms with Crippen LogP contribution in [0.2, 0.25) is 0 Å². The van der Waals surface area contributed by atoms with Gasteiger partial charge in [-0.2, -0.15) is 22.9 Å². The van der Waals surface area contributed by atoms with E-state index in [0.29, 0.717) is 28.9 Å². The Bertz CT molecular complexity index is 2800. The van der Waals surface area contributed by atoms with Crippen molar-refractivity contribution in [3.8, 4) is 51.5 Å². The van der Waals surface area contributed by atoms with E-state index in [1.54, 1.807) is 43.2 Å². The van der Waals surface area contributed by atoms with Crippen molar-refractivity contribution in [3.05, 3.63) is 165 Å². The summed E-state index contributed by atoms with van der Waals surface area (Å²) < 4.78 is 14.6. The van der Waals surface area contributed by atoms with Gasteiger partial charge in [0.15, 0.2) is 0 Å². The van der Waals surface area contributed by atoms with Gasteiger partial charge in [-0.25, -0.2) is 9.97 Å². The van der Waals surface area contributed by atoms with Crippen molar-refractivity contribution in [1.29, 1.82) is 0 Å². The van der Waals surface area contributed by atoms with Crippen LogP contribution in [-0.2, 0) is 41.5 Å². The fraction of sp³-hybridized carbons (Fsp3) is 0. The van der Waals surface area contributed by atoms with Crippen LogP contribution in [0.5, 0.6) is 23.0 Å². The second-order valence-corrected chi connectivity index (χ2v) is 12.1. The van der Waals surface area contributed by atoms with E-state index in [1.165, 1.54) is 0 Å². The summed E-state index contributed by atoms with van der Waals surface area (Å²) in [6.45, 7) is 0. The summed E-state index contributed by atoms with van der Waals surface area (Å²) in [6.07, 6.45) is 10.5. The summed E-state index contributed by atoms with van der Waals surface area (Å²) in [5.74, 6) is 2.50. The summed E-state index contributed by atoms with van der Waals surface area (Å²) in [7, 11) is 0. The maximum absolute atomic E-state index is 6.37. The van der Waals surface area contributed by atoms with Crippen LogP contribution in [0.25, 0.3) is 72.1 Å². The second kappa shape index (κ2) is 15.3.